The van der Waals surface area contributed by atoms with Crippen LogP contribution in [0.25, 0.3) is 22.6 Å². The van der Waals surface area contributed by atoms with Crippen molar-refractivity contribution >= 4 is 22.9 Å². The highest BCUT2D eigenvalue weighted by Gasteiger charge is 2.17. The van der Waals surface area contributed by atoms with Crippen LogP contribution in [0.15, 0.2) is 69.8 Å². The SMILES string of the molecule is Cc1ccccc1Cn1nnc2c(Sc3nnc(-c4ccncc4)o3)ncnc21. The highest BCUT2D eigenvalue weighted by Crippen LogP contribution is 2.31. The van der Waals surface area contributed by atoms with Crippen LogP contribution in [0.2, 0.25) is 0 Å². The minimum atomic E-state index is 0.366. The van der Waals surface area contributed by atoms with Gasteiger partial charge in [-0.2, -0.15) is 0 Å². The molecular weight excluding hydrogens is 388 g/mol. The van der Waals surface area contributed by atoms with Crippen molar-refractivity contribution in [3.63, 3.8) is 0 Å². The van der Waals surface area contributed by atoms with E-state index in [0.717, 1.165) is 11.1 Å². The van der Waals surface area contributed by atoms with Gasteiger partial charge in [-0.1, -0.05) is 29.5 Å². The van der Waals surface area contributed by atoms with E-state index in [1.165, 1.54) is 23.7 Å². The smallest absolute Gasteiger partial charge is 0.283 e. The minimum absolute atomic E-state index is 0.366. The molecular formula is C19H14N8OS. The van der Waals surface area contributed by atoms with E-state index in [2.05, 4.69) is 54.5 Å². The van der Waals surface area contributed by atoms with E-state index < -0.39 is 0 Å². The predicted octanol–water partition coefficient (Wildman–Crippen LogP) is 3.17. The van der Waals surface area contributed by atoms with Crippen LogP contribution >= 0.6 is 11.8 Å². The Morgan fingerprint density at radius 3 is 2.72 bits per heavy atom. The first-order valence-electron chi connectivity index (χ1n) is 8.78. The van der Waals surface area contributed by atoms with Crippen molar-refractivity contribution in [1.29, 1.82) is 0 Å². The van der Waals surface area contributed by atoms with Gasteiger partial charge in [0.1, 0.15) is 11.4 Å². The van der Waals surface area contributed by atoms with Crippen LogP contribution in [-0.2, 0) is 6.54 Å². The largest absolute Gasteiger partial charge is 0.411 e. The lowest BCUT2D eigenvalue weighted by Crippen LogP contribution is -2.04. The molecule has 0 unspecified atom stereocenters. The molecule has 0 atom stereocenters. The molecule has 0 saturated carbocycles. The first kappa shape index (κ1) is 17.4. The number of aromatic nitrogens is 8. The van der Waals surface area contributed by atoms with Gasteiger partial charge in [-0.3, -0.25) is 4.98 Å². The van der Waals surface area contributed by atoms with Gasteiger partial charge in [0.2, 0.25) is 5.89 Å². The molecule has 10 heteroatoms. The summed E-state index contributed by atoms with van der Waals surface area (Å²) in [5.74, 6) is 0.420. The zero-order valence-corrected chi connectivity index (χ0v) is 16.1. The molecule has 0 spiro atoms. The van der Waals surface area contributed by atoms with Crippen LogP contribution in [0, 0.1) is 6.92 Å². The Morgan fingerprint density at radius 2 is 1.86 bits per heavy atom. The lowest BCUT2D eigenvalue weighted by Gasteiger charge is -2.05. The second-order valence-electron chi connectivity index (χ2n) is 6.24. The normalized spacial score (nSPS) is 11.2. The molecule has 0 bridgehead atoms. The van der Waals surface area contributed by atoms with Crippen LogP contribution in [0.3, 0.4) is 0 Å². The van der Waals surface area contributed by atoms with Gasteiger partial charge >= 0.3 is 0 Å². The predicted molar refractivity (Wildman–Crippen MR) is 105 cm³/mol. The Labute approximate surface area is 169 Å². The molecule has 0 aliphatic carbocycles. The summed E-state index contributed by atoms with van der Waals surface area (Å²) in [7, 11) is 0. The minimum Gasteiger partial charge on any atom is -0.411 e. The van der Waals surface area contributed by atoms with Gasteiger partial charge in [0.25, 0.3) is 5.22 Å². The van der Waals surface area contributed by atoms with Crippen LogP contribution in [0.5, 0.6) is 0 Å². The van der Waals surface area contributed by atoms with Gasteiger partial charge in [0.05, 0.1) is 6.54 Å². The average molecular weight is 402 g/mol. The Balaban J connectivity index is 1.44. The number of nitrogens with zero attached hydrogens (tertiary/aromatic N) is 8. The average Bonchev–Trinajstić information content (AvgIpc) is 3.39. The maximum Gasteiger partial charge on any atom is 0.283 e. The molecule has 0 amide bonds. The molecule has 1 aromatic carbocycles. The van der Waals surface area contributed by atoms with Crippen molar-refractivity contribution in [3.8, 4) is 11.5 Å². The van der Waals surface area contributed by atoms with E-state index in [4.69, 9.17) is 4.42 Å². The lowest BCUT2D eigenvalue weighted by atomic mass is 10.1. The van der Waals surface area contributed by atoms with E-state index in [0.29, 0.717) is 33.8 Å². The number of fused-ring (bicyclic) bond motifs is 1. The molecule has 9 nitrogen and oxygen atoms in total. The van der Waals surface area contributed by atoms with E-state index in [1.807, 2.05) is 24.3 Å². The van der Waals surface area contributed by atoms with E-state index in [-0.39, 0.29) is 0 Å². The topological polar surface area (TPSA) is 108 Å². The maximum atomic E-state index is 5.74. The van der Waals surface area contributed by atoms with Crippen LogP contribution in [0.1, 0.15) is 11.1 Å². The quantitative estimate of drug-likeness (QED) is 0.409. The van der Waals surface area contributed by atoms with Crippen LogP contribution in [-0.4, -0.2) is 40.1 Å². The van der Waals surface area contributed by atoms with E-state index in [1.54, 1.807) is 17.1 Å². The number of rotatable bonds is 5. The molecule has 5 rings (SSSR count). The second-order valence-corrected chi connectivity index (χ2v) is 7.18. The van der Waals surface area contributed by atoms with Crippen molar-refractivity contribution in [2.24, 2.45) is 0 Å². The van der Waals surface area contributed by atoms with Crippen molar-refractivity contribution < 1.29 is 4.42 Å². The monoisotopic (exact) mass is 402 g/mol. The number of benzene rings is 1. The van der Waals surface area contributed by atoms with E-state index in [9.17, 15) is 0 Å². The number of hydrogen-bond acceptors (Lipinski definition) is 9. The van der Waals surface area contributed by atoms with Gasteiger partial charge in [0, 0.05) is 18.0 Å². The van der Waals surface area contributed by atoms with Gasteiger partial charge in [-0.25, -0.2) is 14.6 Å². The molecule has 0 aliphatic heterocycles. The van der Waals surface area contributed by atoms with Crippen molar-refractivity contribution in [1.82, 2.24) is 40.1 Å². The third-order valence-electron chi connectivity index (χ3n) is 4.37. The number of pyridine rings is 1. The van der Waals surface area contributed by atoms with Gasteiger partial charge in [-0.05, 0) is 41.9 Å². The first-order chi connectivity index (χ1) is 14.3. The summed E-state index contributed by atoms with van der Waals surface area (Å²) in [5, 5.41) is 17.7. The molecule has 4 heterocycles. The highest BCUT2D eigenvalue weighted by molar-refractivity contribution is 7.99. The zero-order valence-electron chi connectivity index (χ0n) is 15.3. The standard InChI is InChI=1S/C19H14N8OS/c1-12-4-2-3-5-14(12)10-27-16-15(23-26-27)18(22-11-21-16)29-19-25-24-17(28-19)13-6-8-20-9-7-13/h2-9,11H,10H2,1H3. The number of aryl methyl sites for hydroxylation is 1. The van der Waals surface area contributed by atoms with Gasteiger partial charge < -0.3 is 4.42 Å². The van der Waals surface area contributed by atoms with Gasteiger partial charge in [-0.15, -0.1) is 15.3 Å². The molecule has 0 N–H and O–H groups in total. The van der Waals surface area contributed by atoms with Crippen LogP contribution < -0.4 is 0 Å². The Kier molecular flexibility index (Phi) is 4.45. The third kappa shape index (κ3) is 3.45. The summed E-state index contributed by atoms with van der Waals surface area (Å²) in [5.41, 5.74) is 4.39. The molecule has 5 aromatic rings. The number of hydrogen-bond donors (Lipinski definition) is 0. The maximum absolute atomic E-state index is 5.74. The molecule has 4 aromatic heterocycles. The molecule has 29 heavy (non-hydrogen) atoms. The summed E-state index contributed by atoms with van der Waals surface area (Å²) in [4.78, 5) is 12.7. The molecule has 0 radical (unpaired) electrons. The third-order valence-corrected chi connectivity index (χ3v) is 5.20. The molecule has 142 valence electrons. The second kappa shape index (κ2) is 7.40. The van der Waals surface area contributed by atoms with Crippen LogP contribution in [0.4, 0.5) is 0 Å². The summed E-state index contributed by atoms with van der Waals surface area (Å²) >= 11 is 1.23. The highest BCUT2D eigenvalue weighted by atomic mass is 32.2. The fourth-order valence-corrected chi connectivity index (χ4v) is 3.54. The van der Waals surface area contributed by atoms with Crippen molar-refractivity contribution in [2.45, 2.75) is 23.7 Å². The summed E-state index contributed by atoms with van der Waals surface area (Å²) in [6.07, 6.45) is 4.84. The lowest BCUT2D eigenvalue weighted by molar-refractivity contribution is 0.465. The summed E-state index contributed by atoms with van der Waals surface area (Å²) < 4.78 is 7.50. The Bertz CT molecular complexity index is 1280. The first-order valence-corrected chi connectivity index (χ1v) is 9.60. The Morgan fingerprint density at radius 1 is 1.00 bits per heavy atom. The Hall–Kier alpha value is -3.66. The summed E-state index contributed by atoms with van der Waals surface area (Å²) in [6, 6.07) is 11.8. The van der Waals surface area contributed by atoms with Gasteiger partial charge in [0.15, 0.2) is 11.2 Å². The van der Waals surface area contributed by atoms with Crippen molar-refractivity contribution in [3.05, 3.63) is 66.2 Å². The summed E-state index contributed by atoms with van der Waals surface area (Å²) in [6.45, 7) is 2.65. The molecule has 0 fully saturated rings. The fourth-order valence-electron chi connectivity index (χ4n) is 2.85. The molecule has 0 aliphatic rings. The molecule has 0 saturated heterocycles. The zero-order chi connectivity index (χ0) is 19.6. The fraction of sp³-hybridized carbons (Fsp3) is 0.105. The van der Waals surface area contributed by atoms with Crippen molar-refractivity contribution in [2.75, 3.05) is 0 Å². The van der Waals surface area contributed by atoms with E-state index >= 15 is 0 Å².